The van der Waals surface area contributed by atoms with Crippen LogP contribution in [0.15, 0.2) is 41.8 Å². The third-order valence-electron chi connectivity index (χ3n) is 5.05. The Balaban J connectivity index is 1.98. The number of aliphatic hydroxyl groups excluding tert-OH is 1. The molecule has 1 heterocycles. The third-order valence-corrected chi connectivity index (χ3v) is 5.79. The minimum absolute atomic E-state index is 0.0248. The molecule has 0 radical (unpaired) electrons. The topological polar surface area (TPSA) is 52.6 Å². The highest BCUT2D eigenvalue weighted by molar-refractivity contribution is 6.42. The standard InChI is InChI=1S/C22H30Cl2N2O2/c1-5-6-9-19-20(21(27)15(4)26(19)14(2)3)22(28)25-12-7-8-16-10-11-17(23)18(24)13-16/h10-11,13-14,19,27H,4-9,12H2,1-3H3,(H,25,28). The lowest BCUT2D eigenvalue weighted by atomic mass is 10.0. The smallest absolute Gasteiger partial charge is 0.253 e. The maximum atomic E-state index is 12.8. The molecule has 1 atom stereocenters. The highest BCUT2D eigenvalue weighted by Crippen LogP contribution is 2.35. The van der Waals surface area contributed by atoms with Gasteiger partial charge >= 0.3 is 0 Å². The van der Waals surface area contributed by atoms with Crippen LogP contribution in [0.4, 0.5) is 0 Å². The van der Waals surface area contributed by atoms with Crippen molar-refractivity contribution < 1.29 is 9.90 Å². The van der Waals surface area contributed by atoms with Gasteiger partial charge in [-0.05, 0) is 50.8 Å². The first-order chi connectivity index (χ1) is 13.3. The van der Waals surface area contributed by atoms with E-state index in [9.17, 15) is 9.90 Å². The molecule has 2 N–H and O–H groups in total. The van der Waals surface area contributed by atoms with Crippen molar-refractivity contribution in [2.45, 2.75) is 65.0 Å². The summed E-state index contributed by atoms with van der Waals surface area (Å²) in [7, 11) is 0. The molecule has 0 bridgehead atoms. The van der Waals surface area contributed by atoms with Crippen LogP contribution in [0, 0.1) is 0 Å². The van der Waals surface area contributed by atoms with Crippen molar-refractivity contribution in [2.24, 2.45) is 0 Å². The zero-order chi connectivity index (χ0) is 20.8. The summed E-state index contributed by atoms with van der Waals surface area (Å²) < 4.78 is 0. The fourth-order valence-electron chi connectivity index (χ4n) is 3.66. The number of nitrogens with one attached hydrogen (secondary N) is 1. The normalized spacial score (nSPS) is 17.0. The van der Waals surface area contributed by atoms with E-state index in [-0.39, 0.29) is 23.8 Å². The molecule has 1 amide bonds. The van der Waals surface area contributed by atoms with Crippen molar-refractivity contribution >= 4 is 29.1 Å². The van der Waals surface area contributed by atoms with E-state index in [0.717, 1.165) is 37.7 Å². The van der Waals surface area contributed by atoms with E-state index in [2.05, 4.69) is 37.6 Å². The van der Waals surface area contributed by atoms with Gasteiger partial charge < -0.3 is 15.3 Å². The lowest BCUT2D eigenvalue weighted by molar-refractivity contribution is -0.118. The number of hydrogen-bond acceptors (Lipinski definition) is 3. The predicted molar refractivity (Wildman–Crippen MR) is 117 cm³/mol. The van der Waals surface area contributed by atoms with E-state index in [1.54, 1.807) is 6.07 Å². The van der Waals surface area contributed by atoms with Gasteiger partial charge in [-0.25, -0.2) is 0 Å². The van der Waals surface area contributed by atoms with Crippen LogP contribution in [-0.2, 0) is 11.2 Å². The summed E-state index contributed by atoms with van der Waals surface area (Å²) in [6.45, 7) is 10.7. The van der Waals surface area contributed by atoms with Crippen molar-refractivity contribution in [3.63, 3.8) is 0 Å². The molecule has 28 heavy (non-hydrogen) atoms. The number of amides is 1. The zero-order valence-electron chi connectivity index (χ0n) is 16.9. The minimum Gasteiger partial charge on any atom is -0.505 e. The fourth-order valence-corrected chi connectivity index (χ4v) is 3.98. The van der Waals surface area contributed by atoms with Crippen LogP contribution in [0.2, 0.25) is 10.0 Å². The minimum atomic E-state index is -0.211. The molecule has 0 fully saturated rings. The number of unbranched alkanes of at least 4 members (excludes halogenated alkanes) is 1. The Hall–Kier alpha value is -1.65. The van der Waals surface area contributed by atoms with Crippen LogP contribution >= 0.6 is 23.2 Å². The largest absolute Gasteiger partial charge is 0.505 e. The van der Waals surface area contributed by atoms with Gasteiger partial charge in [-0.15, -0.1) is 0 Å². The number of aliphatic hydroxyl groups is 1. The van der Waals surface area contributed by atoms with E-state index < -0.39 is 0 Å². The quantitative estimate of drug-likeness (QED) is 0.503. The Morgan fingerprint density at radius 1 is 1.29 bits per heavy atom. The molecule has 0 saturated carbocycles. The van der Waals surface area contributed by atoms with E-state index >= 15 is 0 Å². The van der Waals surface area contributed by atoms with Gasteiger partial charge in [-0.3, -0.25) is 4.79 Å². The summed E-state index contributed by atoms with van der Waals surface area (Å²) in [5.74, 6) is -0.186. The molecule has 2 rings (SSSR count). The van der Waals surface area contributed by atoms with Crippen LogP contribution in [0.25, 0.3) is 0 Å². The van der Waals surface area contributed by atoms with Gasteiger partial charge in [0.15, 0.2) is 0 Å². The number of hydrogen-bond donors (Lipinski definition) is 2. The number of benzene rings is 1. The van der Waals surface area contributed by atoms with E-state index in [1.165, 1.54) is 0 Å². The Morgan fingerprint density at radius 2 is 2.00 bits per heavy atom. The van der Waals surface area contributed by atoms with Crippen LogP contribution in [0.3, 0.4) is 0 Å². The number of aryl methyl sites for hydroxylation is 1. The predicted octanol–water partition coefficient (Wildman–Crippen LogP) is 5.65. The summed E-state index contributed by atoms with van der Waals surface area (Å²) in [4.78, 5) is 14.9. The van der Waals surface area contributed by atoms with Crippen molar-refractivity contribution in [3.8, 4) is 0 Å². The third kappa shape index (κ3) is 5.24. The second-order valence-electron chi connectivity index (χ2n) is 7.48. The van der Waals surface area contributed by atoms with Crippen molar-refractivity contribution in [2.75, 3.05) is 6.54 Å². The molecule has 0 spiro atoms. The molecule has 1 aromatic carbocycles. The first kappa shape index (κ1) is 22.6. The van der Waals surface area contributed by atoms with Crippen LogP contribution in [0.5, 0.6) is 0 Å². The number of carbonyl (C=O) groups excluding carboxylic acids is 1. The molecule has 0 aromatic heterocycles. The van der Waals surface area contributed by atoms with Gasteiger partial charge in [0.05, 0.1) is 27.4 Å². The van der Waals surface area contributed by atoms with Gasteiger partial charge in [-0.2, -0.15) is 0 Å². The van der Waals surface area contributed by atoms with Gasteiger partial charge in [0.2, 0.25) is 0 Å². The van der Waals surface area contributed by atoms with Crippen molar-refractivity contribution in [1.29, 1.82) is 0 Å². The molecular formula is C22H30Cl2N2O2. The summed E-state index contributed by atoms with van der Waals surface area (Å²) >= 11 is 12.0. The van der Waals surface area contributed by atoms with Gasteiger partial charge in [-0.1, -0.05) is 55.6 Å². The lowest BCUT2D eigenvalue weighted by Crippen LogP contribution is -2.40. The molecule has 4 nitrogen and oxygen atoms in total. The van der Waals surface area contributed by atoms with Gasteiger partial charge in [0, 0.05) is 12.6 Å². The van der Waals surface area contributed by atoms with Crippen molar-refractivity contribution in [1.82, 2.24) is 10.2 Å². The summed E-state index contributed by atoms with van der Waals surface area (Å²) in [6, 6.07) is 5.61. The van der Waals surface area contributed by atoms with Gasteiger partial charge in [0.1, 0.15) is 5.76 Å². The molecule has 1 aliphatic heterocycles. The molecule has 6 heteroatoms. The Labute approximate surface area is 178 Å². The first-order valence-electron chi connectivity index (χ1n) is 9.90. The molecule has 154 valence electrons. The van der Waals surface area contributed by atoms with Crippen molar-refractivity contribution in [3.05, 3.63) is 57.4 Å². The molecule has 1 aliphatic rings. The first-order valence-corrected chi connectivity index (χ1v) is 10.7. The molecule has 1 aromatic rings. The van der Waals surface area contributed by atoms with Crippen LogP contribution in [0.1, 0.15) is 52.0 Å². The SMILES string of the molecule is C=C1C(O)=C(C(=O)NCCCc2ccc(Cl)c(Cl)c2)C(CCCC)N1C(C)C. The van der Waals surface area contributed by atoms with E-state index in [1.807, 2.05) is 12.1 Å². The zero-order valence-corrected chi connectivity index (χ0v) is 18.4. The van der Waals surface area contributed by atoms with Crippen LogP contribution < -0.4 is 5.32 Å². The van der Waals surface area contributed by atoms with Gasteiger partial charge in [0.25, 0.3) is 5.91 Å². The summed E-state index contributed by atoms with van der Waals surface area (Å²) in [5, 5.41) is 14.6. The van der Waals surface area contributed by atoms with E-state index in [0.29, 0.717) is 27.9 Å². The monoisotopic (exact) mass is 424 g/mol. The second-order valence-corrected chi connectivity index (χ2v) is 8.29. The van der Waals surface area contributed by atoms with E-state index in [4.69, 9.17) is 23.2 Å². The molecule has 1 unspecified atom stereocenters. The maximum Gasteiger partial charge on any atom is 0.253 e. The molecule has 0 saturated heterocycles. The molecular weight excluding hydrogens is 395 g/mol. The average molecular weight is 425 g/mol. The Morgan fingerprint density at radius 3 is 2.61 bits per heavy atom. The summed E-state index contributed by atoms with van der Waals surface area (Å²) in [5.41, 5.74) is 2.06. The lowest BCUT2D eigenvalue weighted by Gasteiger charge is -2.32. The number of nitrogens with zero attached hydrogens (tertiary/aromatic N) is 1. The Bertz CT molecular complexity index is 759. The number of rotatable bonds is 9. The molecule has 0 aliphatic carbocycles. The number of carbonyl (C=O) groups is 1. The highest BCUT2D eigenvalue weighted by atomic mass is 35.5. The summed E-state index contributed by atoms with van der Waals surface area (Å²) in [6.07, 6.45) is 4.40. The average Bonchev–Trinajstić information content (AvgIpc) is 2.90. The van der Waals surface area contributed by atoms with Crippen LogP contribution in [-0.4, -0.2) is 34.5 Å². The number of halogens is 2. The maximum absolute atomic E-state index is 12.8. The second kappa shape index (κ2) is 10.2. The fraction of sp³-hybridized carbons (Fsp3) is 0.500. The highest BCUT2D eigenvalue weighted by Gasteiger charge is 2.39. The Kier molecular flexibility index (Phi) is 8.26.